The van der Waals surface area contributed by atoms with Crippen molar-refractivity contribution < 1.29 is 9.59 Å². The number of amides is 3. The molecule has 0 radical (unpaired) electrons. The number of nitrogens with zero attached hydrogens (tertiary/aromatic N) is 2. The van der Waals surface area contributed by atoms with Gasteiger partial charge in [-0.25, -0.2) is 4.79 Å². The molecule has 6 nitrogen and oxygen atoms in total. The molecule has 1 fully saturated rings. The Bertz CT molecular complexity index is 690. The zero-order chi connectivity index (χ0) is 16.2. The highest BCUT2D eigenvalue weighted by atomic mass is 16.2. The quantitative estimate of drug-likeness (QED) is 0.914. The van der Waals surface area contributed by atoms with Crippen LogP contribution in [0.1, 0.15) is 13.3 Å². The predicted octanol–water partition coefficient (Wildman–Crippen LogP) is 2.40. The molecule has 6 heteroatoms. The lowest BCUT2D eigenvalue weighted by molar-refractivity contribution is -0.118. The van der Waals surface area contributed by atoms with Crippen LogP contribution in [0.15, 0.2) is 54.9 Å². The first-order valence-corrected chi connectivity index (χ1v) is 7.51. The molecule has 1 saturated heterocycles. The molecule has 1 aromatic heterocycles. The standard InChI is InChI=1S/C17H18N4O2/c1-12-10-15(16(22)21(12)14-7-3-2-4-8-14)20-17(23)19-13-6-5-9-18-11-13/h2-9,11-12,15H,10H2,1H3,(H2,19,20,23). The summed E-state index contributed by atoms with van der Waals surface area (Å²) in [6.07, 6.45) is 3.76. The monoisotopic (exact) mass is 310 g/mol. The second-order valence-electron chi connectivity index (χ2n) is 5.52. The molecule has 1 aromatic carbocycles. The number of pyridine rings is 1. The van der Waals surface area contributed by atoms with E-state index in [0.717, 1.165) is 5.69 Å². The van der Waals surface area contributed by atoms with E-state index in [2.05, 4.69) is 15.6 Å². The molecule has 118 valence electrons. The number of hydrogen-bond acceptors (Lipinski definition) is 3. The number of urea groups is 1. The first-order valence-electron chi connectivity index (χ1n) is 7.51. The van der Waals surface area contributed by atoms with Gasteiger partial charge >= 0.3 is 6.03 Å². The third-order valence-electron chi connectivity index (χ3n) is 3.81. The van der Waals surface area contributed by atoms with Crippen LogP contribution in [0.2, 0.25) is 0 Å². The maximum atomic E-state index is 12.6. The summed E-state index contributed by atoms with van der Waals surface area (Å²) in [6, 6.07) is 12.1. The third kappa shape index (κ3) is 3.31. The molecule has 3 amide bonds. The lowest BCUT2D eigenvalue weighted by Gasteiger charge is -2.21. The highest BCUT2D eigenvalue weighted by molar-refractivity contribution is 6.03. The van der Waals surface area contributed by atoms with Gasteiger partial charge in [-0.3, -0.25) is 9.78 Å². The Morgan fingerprint density at radius 3 is 2.70 bits per heavy atom. The molecule has 2 N–H and O–H groups in total. The summed E-state index contributed by atoms with van der Waals surface area (Å²) in [5.74, 6) is -0.0926. The van der Waals surface area contributed by atoms with E-state index in [0.29, 0.717) is 12.1 Å². The SMILES string of the molecule is CC1CC(NC(=O)Nc2cccnc2)C(=O)N1c1ccccc1. The summed E-state index contributed by atoms with van der Waals surface area (Å²) in [4.78, 5) is 30.3. The second kappa shape index (κ2) is 6.48. The summed E-state index contributed by atoms with van der Waals surface area (Å²) >= 11 is 0. The van der Waals surface area contributed by atoms with Crippen LogP contribution < -0.4 is 15.5 Å². The van der Waals surface area contributed by atoms with Gasteiger partial charge in [-0.15, -0.1) is 0 Å². The smallest absolute Gasteiger partial charge is 0.319 e. The van der Waals surface area contributed by atoms with Gasteiger partial charge in [0.2, 0.25) is 5.91 Å². The normalized spacial score (nSPS) is 20.4. The van der Waals surface area contributed by atoms with Crippen LogP contribution in [0.25, 0.3) is 0 Å². The fourth-order valence-corrected chi connectivity index (χ4v) is 2.79. The van der Waals surface area contributed by atoms with Crippen molar-refractivity contribution >= 4 is 23.3 Å². The van der Waals surface area contributed by atoms with Crippen molar-refractivity contribution in [1.29, 1.82) is 0 Å². The fraction of sp³-hybridized carbons (Fsp3) is 0.235. The minimum absolute atomic E-state index is 0.0357. The van der Waals surface area contributed by atoms with Crippen molar-refractivity contribution in [3.63, 3.8) is 0 Å². The van der Waals surface area contributed by atoms with Gasteiger partial charge in [0.25, 0.3) is 0 Å². The molecule has 2 aromatic rings. The number of benzene rings is 1. The number of carbonyl (C=O) groups excluding carboxylic acids is 2. The number of aromatic nitrogens is 1. The molecular weight excluding hydrogens is 292 g/mol. The maximum Gasteiger partial charge on any atom is 0.319 e. The van der Waals surface area contributed by atoms with Gasteiger partial charge in [0, 0.05) is 17.9 Å². The van der Waals surface area contributed by atoms with Gasteiger partial charge in [-0.1, -0.05) is 18.2 Å². The Hall–Kier alpha value is -2.89. The van der Waals surface area contributed by atoms with E-state index in [1.54, 1.807) is 29.4 Å². The Balaban J connectivity index is 1.65. The topological polar surface area (TPSA) is 74.3 Å². The van der Waals surface area contributed by atoms with Gasteiger partial charge in [-0.2, -0.15) is 0 Å². The van der Waals surface area contributed by atoms with E-state index in [-0.39, 0.29) is 11.9 Å². The predicted molar refractivity (Wildman–Crippen MR) is 88.2 cm³/mol. The fourth-order valence-electron chi connectivity index (χ4n) is 2.79. The molecule has 0 bridgehead atoms. The number of carbonyl (C=O) groups is 2. The van der Waals surface area contributed by atoms with Crippen LogP contribution in [0.4, 0.5) is 16.2 Å². The third-order valence-corrected chi connectivity index (χ3v) is 3.81. The van der Waals surface area contributed by atoms with Crippen molar-refractivity contribution in [3.8, 4) is 0 Å². The van der Waals surface area contributed by atoms with Gasteiger partial charge in [-0.05, 0) is 37.6 Å². The average Bonchev–Trinajstić information content (AvgIpc) is 2.83. The molecular formula is C17H18N4O2. The summed E-state index contributed by atoms with van der Waals surface area (Å²) in [5, 5.41) is 5.41. The van der Waals surface area contributed by atoms with E-state index >= 15 is 0 Å². The Labute approximate surface area is 134 Å². The highest BCUT2D eigenvalue weighted by Crippen LogP contribution is 2.26. The van der Waals surface area contributed by atoms with E-state index in [9.17, 15) is 9.59 Å². The van der Waals surface area contributed by atoms with E-state index in [1.165, 1.54) is 0 Å². The average molecular weight is 310 g/mol. The molecule has 3 rings (SSSR count). The molecule has 2 unspecified atom stereocenters. The zero-order valence-electron chi connectivity index (χ0n) is 12.8. The number of hydrogen-bond donors (Lipinski definition) is 2. The maximum absolute atomic E-state index is 12.6. The Kier molecular flexibility index (Phi) is 4.23. The van der Waals surface area contributed by atoms with Crippen LogP contribution in [0, 0.1) is 0 Å². The lowest BCUT2D eigenvalue weighted by atomic mass is 10.2. The van der Waals surface area contributed by atoms with Crippen LogP contribution in [0.3, 0.4) is 0 Å². The van der Waals surface area contributed by atoms with Gasteiger partial charge < -0.3 is 15.5 Å². The van der Waals surface area contributed by atoms with Gasteiger partial charge in [0.15, 0.2) is 0 Å². The van der Waals surface area contributed by atoms with Crippen molar-refractivity contribution in [1.82, 2.24) is 10.3 Å². The number of nitrogens with one attached hydrogen (secondary N) is 2. The number of rotatable bonds is 3. The lowest BCUT2D eigenvalue weighted by Crippen LogP contribution is -2.43. The Morgan fingerprint density at radius 2 is 2.00 bits per heavy atom. The molecule has 23 heavy (non-hydrogen) atoms. The molecule has 0 saturated carbocycles. The van der Waals surface area contributed by atoms with Crippen molar-refractivity contribution in [2.75, 3.05) is 10.2 Å². The molecule has 0 aliphatic carbocycles. The van der Waals surface area contributed by atoms with Gasteiger partial charge in [0.05, 0.1) is 11.9 Å². The van der Waals surface area contributed by atoms with Crippen LogP contribution in [-0.2, 0) is 4.79 Å². The minimum Gasteiger partial charge on any atom is -0.326 e. The second-order valence-corrected chi connectivity index (χ2v) is 5.52. The number of para-hydroxylation sites is 1. The van der Waals surface area contributed by atoms with E-state index in [4.69, 9.17) is 0 Å². The molecule has 2 heterocycles. The molecule has 2 atom stereocenters. The van der Waals surface area contributed by atoms with Crippen LogP contribution >= 0.6 is 0 Å². The summed E-state index contributed by atoms with van der Waals surface area (Å²) in [5.41, 5.74) is 1.44. The van der Waals surface area contributed by atoms with E-state index < -0.39 is 12.1 Å². The first-order chi connectivity index (χ1) is 11.1. The van der Waals surface area contributed by atoms with Crippen LogP contribution in [-0.4, -0.2) is 29.0 Å². The van der Waals surface area contributed by atoms with E-state index in [1.807, 2.05) is 37.3 Å². The van der Waals surface area contributed by atoms with Gasteiger partial charge in [0.1, 0.15) is 6.04 Å². The summed E-state index contributed by atoms with van der Waals surface area (Å²) in [7, 11) is 0. The minimum atomic E-state index is -0.526. The first kappa shape index (κ1) is 15.0. The highest BCUT2D eigenvalue weighted by Gasteiger charge is 2.38. The summed E-state index contributed by atoms with van der Waals surface area (Å²) in [6.45, 7) is 1.98. The van der Waals surface area contributed by atoms with Crippen molar-refractivity contribution in [2.45, 2.75) is 25.4 Å². The Morgan fingerprint density at radius 1 is 1.22 bits per heavy atom. The zero-order valence-corrected chi connectivity index (χ0v) is 12.8. The molecule has 1 aliphatic rings. The number of anilines is 2. The molecule has 1 aliphatic heterocycles. The summed E-state index contributed by atoms with van der Waals surface area (Å²) < 4.78 is 0. The van der Waals surface area contributed by atoms with Crippen molar-refractivity contribution in [2.24, 2.45) is 0 Å². The largest absolute Gasteiger partial charge is 0.326 e. The molecule has 0 spiro atoms. The van der Waals surface area contributed by atoms with Crippen molar-refractivity contribution in [3.05, 3.63) is 54.9 Å². The van der Waals surface area contributed by atoms with Crippen LogP contribution in [0.5, 0.6) is 0 Å².